The first kappa shape index (κ1) is 49.5. The smallest absolute Gasteiger partial charge is 0.409 e. The summed E-state index contributed by atoms with van der Waals surface area (Å²) in [5, 5.41) is 39.5. The normalized spacial score (nSPS) is 19.9. The van der Waals surface area contributed by atoms with E-state index in [1.165, 1.54) is 41.1 Å². The summed E-state index contributed by atoms with van der Waals surface area (Å²) in [7, 11) is 1.53. The third-order valence-corrected chi connectivity index (χ3v) is 10.9. The number of carbonyl (C=O) groups is 5. The summed E-state index contributed by atoms with van der Waals surface area (Å²) in [6.07, 6.45) is -7.57. The Morgan fingerprint density at radius 2 is 1.21 bits per heavy atom. The van der Waals surface area contributed by atoms with Crippen molar-refractivity contribution >= 4 is 30.0 Å². The van der Waals surface area contributed by atoms with E-state index in [0.717, 1.165) is 27.2 Å². The Balaban J connectivity index is 0.921. The van der Waals surface area contributed by atoms with Crippen LogP contribution in [0.3, 0.4) is 0 Å². The van der Waals surface area contributed by atoms with Crippen molar-refractivity contribution < 1.29 is 82.3 Å². The average molecular weight is 922 g/mol. The molecule has 4 amide bonds. The first-order valence-electron chi connectivity index (χ1n) is 21.4. The summed E-state index contributed by atoms with van der Waals surface area (Å²) in [4.78, 5) is 65.1. The Hall–Kier alpha value is -5.97. The number of carboxylic acids is 1. The summed E-state index contributed by atoms with van der Waals surface area (Å²) in [5.74, 6) is -2.24. The topological polar surface area (TPSA) is 250 Å². The van der Waals surface area contributed by atoms with Crippen LogP contribution >= 0.6 is 0 Å². The van der Waals surface area contributed by atoms with Crippen molar-refractivity contribution in [1.29, 1.82) is 0 Å². The summed E-state index contributed by atoms with van der Waals surface area (Å²) in [6.45, 7) is 2.66. The second-order valence-electron chi connectivity index (χ2n) is 15.4. The van der Waals surface area contributed by atoms with E-state index < -0.39 is 48.9 Å². The Morgan fingerprint density at radius 3 is 1.80 bits per heavy atom. The Bertz CT molecular complexity index is 2070. The maximum atomic E-state index is 13.7. The van der Waals surface area contributed by atoms with Gasteiger partial charge < -0.3 is 68.1 Å². The van der Waals surface area contributed by atoms with Crippen LogP contribution in [0.5, 0.6) is 5.75 Å². The zero-order valence-electron chi connectivity index (χ0n) is 36.4. The molecule has 0 aromatic heterocycles. The van der Waals surface area contributed by atoms with Gasteiger partial charge in [0, 0.05) is 44.8 Å². The van der Waals surface area contributed by atoms with Crippen LogP contribution in [0.4, 0.5) is 9.59 Å². The molecular formula is C46H55N3O17. The number of aliphatic carboxylic acids is 1. The third-order valence-electron chi connectivity index (χ3n) is 10.9. The van der Waals surface area contributed by atoms with Crippen molar-refractivity contribution in [3.8, 4) is 16.9 Å². The number of fused-ring (bicyclic) bond motifs is 3. The molecule has 0 unspecified atom stereocenters. The molecule has 3 aromatic rings. The van der Waals surface area contributed by atoms with Crippen LogP contribution < -0.4 is 4.74 Å². The molecule has 66 heavy (non-hydrogen) atoms. The molecule has 20 nitrogen and oxygen atoms in total. The molecule has 20 heteroatoms. The Morgan fingerprint density at radius 1 is 0.652 bits per heavy atom. The van der Waals surface area contributed by atoms with Crippen LogP contribution in [0, 0.1) is 0 Å². The third kappa shape index (κ3) is 13.3. The lowest BCUT2D eigenvalue weighted by molar-refractivity contribution is -0.271. The molecule has 5 atom stereocenters. The van der Waals surface area contributed by atoms with E-state index >= 15 is 0 Å². The molecular weight excluding hydrogens is 867 g/mol. The summed E-state index contributed by atoms with van der Waals surface area (Å²) in [6, 6.07) is 22.1. The largest absolute Gasteiger partial charge is 0.479 e. The molecule has 356 valence electrons. The number of ether oxygens (including phenoxy) is 8. The number of amides is 4. The number of hydrogen-bond acceptors (Lipinski definition) is 16. The fraction of sp³-hybridized carbons (Fsp3) is 0.457. The van der Waals surface area contributed by atoms with Gasteiger partial charge in [0.1, 0.15) is 37.3 Å². The first-order chi connectivity index (χ1) is 31.9. The van der Waals surface area contributed by atoms with Crippen LogP contribution in [0.15, 0.2) is 84.9 Å². The molecule has 0 spiro atoms. The zero-order chi connectivity index (χ0) is 47.0. The van der Waals surface area contributed by atoms with E-state index in [2.05, 4.69) is 12.1 Å². The second kappa shape index (κ2) is 24.5. The predicted octanol–water partition coefficient (Wildman–Crippen LogP) is 1.77. The number of aliphatic hydroxyl groups is 3. The van der Waals surface area contributed by atoms with Gasteiger partial charge in [0.15, 0.2) is 6.10 Å². The highest BCUT2D eigenvalue weighted by Gasteiger charge is 2.48. The maximum absolute atomic E-state index is 13.7. The number of carboxylic acid groups (broad SMARTS) is 1. The minimum Gasteiger partial charge on any atom is -0.479 e. The van der Waals surface area contributed by atoms with Crippen LogP contribution in [0.1, 0.15) is 22.6 Å². The lowest BCUT2D eigenvalue weighted by Gasteiger charge is -2.38. The molecule has 2 heterocycles. The summed E-state index contributed by atoms with van der Waals surface area (Å²) < 4.78 is 44.3. The van der Waals surface area contributed by atoms with E-state index in [4.69, 9.17) is 37.9 Å². The van der Waals surface area contributed by atoms with Gasteiger partial charge in [-0.2, -0.15) is 0 Å². The summed E-state index contributed by atoms with van der Waals surface area (Å²) in [5.41, 5.74) is 4.90. The SMILES string of the molecule is CN(CCN(CCOCCOCCOCCOCCN1C(=O)C=CC1=O)C(=O)OCC1c2ccccc2-c2ccccc21)C(=O)OCc1ccc(O[C@@H]2O[C@H](C(=O)O)[C@@H](O)[C@H](O)[C@H]2O)cc1. The monoisotopic (exact) mass is 921 g/mol. The lowest BCUT2D eigenvalue weighted by Crippen LogP contribution is -2.61. The number of carbonyl (C=O) groups excluding carboxylic acids is 4. The van der Waals surface area contributed by atoms with Crippen molar-refractivity contribution in [2.24, 2.45) is 0 Å². The molecule has 6 rings (SSSR count). The van der Waals surface area contributed by atoms with Crippen molar-refractivity contribution in [2.75, 3.05) is 92.7 Å². The minimum absolute atomic E-state index is 0.0980. The van der Waals surface area contributed by atoms with Gasteiger partial charge >= 0.3 is 18.2 Å². The first-order valence-corrected chi connectivity index (χ1v) is 21.4. The van der Waals surface area contributed by atoms with Gasteiger partial charge in [0.2, 0.25) is 6.29 Å². The van der Waals surface area contributed by atoms with Gasteiger partial charge in [-0.1, -0.05) is 60.7 Å². The molecule has 0 radical (unpaired) electrons. The average Bonchev–Trinajstić information content (AvgIpc) is 3.82. The van der Waals surface area contributed by atoms with Gasteiger partial charge in [-0.25, -0.2) is 14.4 Å². The molecule has 3 aromatic carbocycles. The van der Waals surface area contributed by atoms with E-state index in [1.807, 2.05) is 36.4 Å². The quantitative estimate of drug-likeness (QED) is 0.0698. The zero-order valence-corrected chi connectivity index (χ0v) is 36.4. The summed E-state index contributed by atoms with van der Waals surface area (Å²) >= 11 is 0. The minimum atomic E-state index is -1.85. The van der Waals surface area contributed by atoms with Gasteiger partial charge in [-0.15, -0.1) is 0 Å². The highest BCUT2D eigenvalue weighted by Crippen LogP contribution is 2.44. The molecule has 3 aliphatic rings. The van der Waals surface area contributed by atoms with Crippen LogP contribution in [0.25, 0.3) is 11.1 Å². The van der Waals surface area contributed by atoms with Crippen molar-refractivity contribution in [3.63, 3.8) is 0 Å². The molecule has 0 saturated carbocycles. The highest BCUT2D eigenvalue weighted by atomic mass is 16.7. The van der Waals surface area contributed by atoms with Gasteiger partial charge in [-0.05, 0) is 39.9 Å². The van der Waals surface area contributed by atoms with E-state index in [1.54, 1.807) is 12.1 Å². The van der Waals surface area contributed by atoms with Crippen molar-refractivity contribution in [2.45, 2.75) is 43.2 Å². The second-order valence-corrected chi connectivity index (χ2v) is 15.4. The van der Waals surface area contributed by atoms with E-state index in [0.29, 0.717) is 32.0 Å². The van der Waals surface area contributed by atoms with Crippen LogP contribution in [0.2, 0.25) is 0 Å². The number of rotatable bonds is 25. The molecule has 2 aliphatic heterocycles. The number of likely N-dealkylation sites (N-methyl/N-ethyl adjacent to an activating group) is 1. The number of nitrogens with zero attached hydrogens (tertiary/aromatic N) is 3. The molecule has 1 aliphatic carbocycles. The lowest BCUT2D eigenvalue weighted by atomic mass is 9.98. The molecule has 1 fully saturated rings. The highest BCUT2D eigenvalue weighted by molar-refractivity contribution is 6.12. The fourth-order valence-electron chi connectivity index (χ4n) is 7.29. The van der Waals surface area contributed by atoms with Gasteiger partial charge in [0.25, 0.3) is 11.8 Å². The standard InChI is InChI=1S/C46H55N3O17/c1-47(45(57)63-28-30-10-12-31(13-11-30)65-44-41(54)39(52)40(53)42(66-44)43(55)56)16-17-48(46(58)64-29-36-34-8-4-2-6-32(34)33-7-3-5-9-35(33)36)18-20-59-22-24-61-26-27-62-25-23-60-21-19-49-37(50)14-15-38(49)51/h2-15,36,39-42,44,52-54H,16-29H2,1H3,(H,55,56)/t39-,40-,41+,42-,44+/m0/s1. The number of imide groups is 1. The van der Waals surface area contributed by atoms with Crippen LogP contribution in [-0.4, -0.2) is 188 Å². The maximum Gasteiger partial charge on any atom is 0.409 e. The number of hydrogen-bond donors (Lipinski definition) is 4. The van der Waals surface area contributed by atoms with Crippen LogP contribution in [-0.2, 0) is 54.1 Å². The number of aliphatic hydroxyl groups excluding tert-OH is 3. The molecule has 4 N–H and O–H groups in total. The fourth-order valence-corrected chi connectivity index (χ4v) is 7.29. The van der Waals surface area contributed by atoms with E-state index in [9.17, 15) is 44.4 Å². The van der Waals surface area contributed by atoms with Gasteiger partial charge in [0.05, 0.1) is 59.4 Å². The van der Waals surface area contributed by atoms with E-state index in [-0.39, 0.29) is 89.3 Å². The number of benzene rings is 3. The molecule has 1 saturated heterocycles. The Kier molecular flexibility index (Phi) is 18.4. The Labute approximate surface area is 380 Å². The van der Waals surface area contributed by atoms with Gasteiger partial charge in [-0.3, -0.25) is 14.5 Å². The van der Waals surface area contributed by atoms with Crippen molar-refractivity contribution in [1.82, 2.24) is 14.7 Å². The van der Waals surface area contributed by atoms with Crippen molar-refractivity contribution in [3.05, 3.63) is 102 Å². The predicted molar refractivity (Wildman–Crippen MR) is 230 cm³/mol. The molecule has 0 bridgehead atoms.